The lowest BCUT2D eigenvalue weighted by Crippen LogP contribution is -2.62. The van der Waals surface area contributed by atoms with E-state index in [0.29, 0.717) is 64.0 Å². The van der Waals surface area contributed by atoms with E-state index >= 15 is 0 Å². The van der Waals surface area contributed by atoms with Crippen molar-refractivity contribution in [1.29, 1.82) is 0 Å². The van der Waals surface area contributed by atoms with Crippen molar-refractivity contribution in [3.63, 3.8) is 0 Å². The third-order valence-electron chi connectivity index (χ3n) is 12.0. The number of carbonyl (C=O) groups is 7. The quantitative estimate of drug-likeness (QED) is 0.255. The van der Waals surface area contributed by atoms with E-state index in [2.05, 4.69) is 26.2 Å². The van der Waals surface area contributed by atoms with Crippen LogP contribution in [-0.4, -0.2) is 157 Å². The molecule has 6 rings (SSSR count). The summed E-state index contributed by atoms with van der Waals surface area (Å²) >= 11 is 0. The average Bonchev–Trinajstić information content (AvgIpc) is 3.67. The fraction of sp³-hybridized carbons (Fsp3) is 0.568. The molecule has 0 aliphatic carbocycles. The molecule has 2 aromatic carbocycles. The number of likely N-dealkylation sites (N-methyl/N-ethyl adjacent to an activating group) is 1. The number of fused-ring (bicyclic) bond motifs is 2. The molecule has 7 amide bonds. The summed E-state index contributed by atoms with van der Waals surface area (Å²) < 4.78 is 11.3. The molecule has 0 aromatic heterocycles. The normalized spacial score (nSPS) is 26.4. The predicted octanol–water partition coefficient (Wildman–Crippen LogP) is 1.52. The molecule has 4 saturated heterocycles. The van der Waals surface area contributed by atoms with E-state index in [0.717, 1.165) is 18.7 Å². The number of amides is 7. The molecule has 61 heavy (non-hydrogen) atoms. The molecule has 4 heterocycles. The Bertz CT molecular complexity index is 1860. The molecule has 17 nitrogen and oxygen atoms in total. The number of hydrogen-bond acceptors (Lipinski definition) is 10. The summed E-state index contributed by atoms with van der Waals surface area (Å²) in [4.78, 5) is 105. The molecule has 4 N–H and O–H groups in total. The lowest BCUT2D eigenvalue weighted by atomic mass is 9.98. The highest BCUT2D eigenvalue weighted by atomic mass is 16.5. The fourth-order valence-electron chi connectivity index (χ4n) is 8.62. The summed E-state index contributed by atoms with van der Waals surface area (Å²) in [5.74, 6) is -3.64. The number of para-hydroxylation sites is 1. The van der Waals surface area contributed by atoms with Gasteiger partial charge in [0.15, 0.2) is 0 Å². The second-order valence-corrected chi connectivity index (χ2v) is 16.6. The van der Waals surface area contributed by atoms with Crippen LogP contribution in [-0.2, 0) is 44.7 Å². The number of ether oxygens (including phenoxy) is 2. The van der Waals surface area contributed by atoms with Gasteiger partial charge in [0.05, 0.1) is 13.2 Å². The Morgan fingerprint density at radius 2 is 1.56 bits per heavy atom. The number of morpholine rings is 1. The molecule has 0 bridgehead atoms. The van der Waals surface area contributed by atoms with Crippen molar-refractivity contribution >= 4 is 47.2 Å². The number of anilines is 1. The first-order valence-corrected chi connectivity index (χ1v) is 21.5. The van der Waals surface area contributed by atoms with Gasteiger partial charge in [-0.15, -0.1) is 0 Å². The third kappa shape index (κ3) is 11.8. The van der Waals surface area contributed by atoms with Crippen LogP contribution in [0.3, 0.4) is 0 Å². The molecule has 2 aromatic rings. The number of rotatable bonds is 10. The Balaban J connectivity index is 1.29. The Kier molecular flexibility index (Phi) is 15.7. The van der Waals surface area contributed by atoms with Gasteiger partial charge in [-0.25, -0.2) is 9.59 Å². The van der Waals surface area contributed by atoms with E-state index in [4.69, 9.17) is 9.47 Å². The van der Waals surface area contributed by atoms with Crippen LogP contribution in [0.15, 0.2) is 60.7 Å². The molecule has 0 radical (unpaired) electrons. The Morgan fingerprint density at radius 1 is 0.852 bits per heavy atom. The summed E-state index contributed by atoms with van der Waals surface area (Å²) in [5.41, 5.74) is 1.24. The average molecular weight is 845 g/mol. The Morgan fingerprint density at radius 3 is 2.28 bits per heavy atom. The number of piperidine rings is 1. The van der Waals surface area contributed by atoms with Gasteiger partial charge in [-0.3, -0.25) is 28.9 Å². The minimum absolute atomic E-state index is 0.0649. The van der Waals surface area contributed by atoms with Crippen molar-refractivity contribution in [3.8, 4) is 0 Å². The summed E-state index contributed by atoms with van der Waals surface area (Å²) in [7, 11) is 1.55. The smallest absolute Gasteiger partial charge is 0.328 e. The van der Waals surface area contributed by atoms with Crippen molar-refractivity contribution in [2.45, 2.75) is 95.0 Å². The van der Waals surface area contributed by atoms with Crippen molar-refractivity contribution < 1.29 is 43.0 Å². The standard InChI is InChI=1S/C44H60N8O9/c1-29-25-37-43(58)61-28-34(47-38(53)33(26-31-13-6-4-7-14-31)48-44(59)46-32-15-8-5-9-16-32)41(56)51-20-11-10-17-36(51)42(57)49(3)35(18-12-19-50-21-23-60-24-22-50)39(54)45-30(2)40(55)52(37)27-29/h4-9,13-16,29-30,33-37H,10-12,17-28H2,1-3H3,(H,45,54)(H,47,53)(H2,46,48,59)/t29-,30+,33+,34+,35+,36+,37+/m1/s1. The number of benzene rings is 2. The highest BCUT2D eigenvalue weighted by molar-refractivity contribution is 5.98. The van der Waals surface area contributed by atoms with Gasteiger partial charge in [-0.05, 0) is 75.6 Å². The van der Waals surface area contributed by atoms with Crippen molar-refractivity contribution in [2.75, 3.05) is 64.9 Å². The second kappa shape index (κ2) is 21.3. The van der Waals surface area contributed by atoms with Crippen LogP contribution in [0, 0.1) is 5.92 Å². The predicted molar refractivity (Wildman–Crippen MR) is 225 cm³/mol. The maximum absolute atomic E-state index is 14.8. The van der Waals surface area contributed by atoms with Crippen LogP contribution in [0.1, 0.15) is 57.9 Å². The molecule has 0 unspecified atom stereocenters. The lowest BCUT2D eigenvalue weighted by molar-refractivity contribution is -0.159. The largest absolute Gasteiger partial charge is 0.461 e. The van der Waals surface area contributed by atoms with Crippen LogP contribution in [0.5, 0.6) is 0 Å². The Labute approximate surface area is 357 Å². The zero-order valence-electron chi connectivity index (χ0n) is 35.4. The SMILES string of the molecule is C[C@@H]1C[C@H]2C(=O)OC[C@H](NC(=O)[C@H](Cc3ccccc3)NC(=O)Nc3ccccc3)C(=O)N3CCCC[C@H]3C(=O)N(C)[C@@H](CCCN3CCOCC3)C(=O)N[C@@H](C)C(=O)N2C1. The van der Waals surface area contributed by atoms with Gasteiger partial charge in [-0.1, -0.05) is 55.5 Å². The van der Waals surface area contributed by atoms with Gasteiger partial charge in [0, 0.05) is 45.3 Å². The van der Waals surface area contributed by atoms with Gasteiger partial charge < -0.3 is 45.4 Å². The van der Waals surface area contributed by atoms with E-state index < -0.39 is 84.4 Å². The molecule has 0 saturated carbocycles. The van der Waals surface area contributed by atoms with Gasteiger partial charge in [-0.2, -0.15) is 0 Å². The van der Waals surface area contributed by atoms with Crippen molar-refractivity contribution in [2.24, 2.45) is 5.92 Å². The molecule has 4 aliphatic heterocycles. The van der Waals surface area contributed by atoms with Crippen LogP contribution < -0.4 is 21.3 Å². The minimum Gasteiger partial charge on any atom is -0.461 e. The molecular formula is C44H60N8O9. The summed E-state index contributed by atoms with van der Waals surface area (Å²) in [6.07, 6.45) is 2.76. The zero-order valence-corrected chi connectivity index (χ0v) is 35.4. The van der Waals surface area contributed by atoms with Crippen LogP contribution >= 0.6 is 0 Å². The van der Waals surface area contributed by atoms with Gasteiger partial charge >= 0.3 is 12.0 Å². The van der Waals surface area contributed by atoms with Crippen LogP contribution in [0.4, 0.5) is 10.5 Å². The second-order valence-electron chi connectivity index (χ2n) is 16.6. The van der Waals surface area contributed by atoms with E-state index in [1.807, 2.05) is 25.1 Å². The van der Waals surface area contributed by atoms with E-state index in [9.17, 15) is 33.6 Å². The van der Waals surface area contributed by atoms with Crippen LogP contribution in [0.2, 0.25) is 0 Å². The van der Waals surface area contributed by atoms with Crippen molar-refractivity contribution in [1.82, 2.24) is 35.6 Å². The van der Waals surface area contributed by atoms with Gasteiger partial charge in [0.25, 0.3) is 0 Å². The van der Waals surface area contributed by atoms with E-state index in [1.54, 1.807) is 56.4 Å². The number of urea groups is 1. The first-order valence-electron chi connectivity index (χ1n) is 21.5. The first-order chi connectivity index (χ1) is 29.4. The van der Waals surface area contributed by atoms with Crippen LogP contribution in [0.25, 0.3) is 0 Å². The molecule has 4 fully saturated rings. The molecule has 330 valence electrons. The number of nitrogens with one attached hydrogen (secondary N) is 4. The minimum atomic E-state index is -1.46. The first kappa shape index (κ1) is 45.0. The summed E-state index contributed by atoms with van der Waals surface area (Å²) in [6, 6.07) is 10.5. The maximum Gasteiger partial charge on any atom is 0.328 e. The third-order valence-corrected chi connectivity index (χ3v) is 12.0. The Hall–Kier alpha value is -5.55. The summed E-state index contributed by atoms with van der Waals surface area (Å²) in [6.45, 7) is 6.74. The topological polar surface area (TPSA) is 199 Å². The molecule has 0 spiro atoms. The van der Waals surface area contributed by atoms with E-state index in [1.165, 1.54) is 14.7 Å². The zero-order chi connectivity index (χ0) is 43.5. The number of esters is 1. The lowest BCUT2D eigenvalue weighted by Gasteiger charge is -2.40. The number of carbonyl (C=O) groups excluding carboxylic acids is 7. The number of cyclic esters (lactones) is 1. The molecular weight excluding hydrogens is 785 g/mol. The number of hydrogen-bond donors (Lipinski definition) is 4. The maximum atomic E-state index is 14.8. The molecule has 4 aliphatic rings. The summed E-state index contributed by atoms with van der Waals surface area (Å²) in [5, 5.41) is 11.1. The van der Waals surface area contributed by atoms with Gasteiger partial charge in [0.1, 0.15) is 42.9 Å². The highest BCUT2D eigenvalue weighted by Gasteiger charge is 2.44. The molecule has 7 atom stereocenters. The fourth-order valence-corrected chi connectivity index (χ4v) is 8.62. The van der Waals surface area contributed by atoms with Crippen molar-refractivity contribution in [3.05, 3.63) is 66.2 Å². The highest BCUT2D eigenvalue weighted by Crippen LogP contribution is 2.26. The monoisotopic (exact) mass is 844 g/mol. The van der Waals surface area contributed by atoms with E-state index in [-0.39, 0.29) is 25.4 Å². The number of nitrogens with zero attached hydrogens (tertiary/aromatic N) is 4. The van der Waals surface area contributed by atoms with Gasteiger partial charge in [0.2, 0.25) is 29.5 Å². The molecule has 17 heteroatoms.